The lowest BCUT2D eigenvalue weighted by molar-refractivity contribution is 0.218. The highest BCUT2D eigenvalue weighted by Crippen LogP contribution is 2.25. The quantitative estimate of drug-likeness (QED) is 0.609. The van der Waals surface area contributed by atoms with Crippen molar-refractivity contribution in [1.82, 2.24) is 14.5 Å². The number of anilines is 1. The van der Waals surface area contributed by atoms with E-state index in [-0.39, 0.29) is 23.1 Å². The largest absolute Gasteiger partial charge is 0.504 e. The third kappa shape index (κ3) is 3.39. The van der Waals surface area contributed by atoms with Crippen LogP contribution in [0.15, 0.2) is 27.8 Å². The molecular formula is C17H22N4O4. The summed E-state index contributed by atoms with van der Waals surface area (Å²) in [4.78, 5) is 28.9. The number of nitrogens with one attached hydrogen (secondary N) is 2. The number of H-pyrrole nitrogens is 1. The number of phenolic OH excluding ortho intramolecular Hbond substituents is 2. The lowest BCUT2D eigenvalue weighted by atomic mass is 10.1. The molecule has 0 spiro atoms. The Kier molecular flexibility index (Phi) is 4.54. The highest BCUT2D eigenvalue weighted by atomic mass is 16.3. The van der Waals surface area contributed by atoms with E-state index in [9.17, 15) is 19.8 Å². The van der Waals surface area contributed by atoms with E-state index >= 15 is 0 Å². The predicted octanol–water partition coefficient (Wildman–Crippen LogP) is 0.784. The van der Waals surface area contributed by atoms with Gasteiger partial charge in [0.2, 0.25) is 0 Å². The molecule has 1 aliphatic heterocycles. The number of benzene rings is 1. The molecule has 25 heavy (non-hydrogen) atoms. The SMILES string of the molecule is CC(C)N1CNc2c(c(=O)[nH]c(=O)n2CCc2ccc(O)c(O)c2)C1. The number of fused-ring (bicyclic) bond motifs is 1. The van der Waals surface area contributed by atoms with Crippen LogP contribution in [-0.4, -0.2) is 37.4 Å². The molecule has 1 aromatic heterocycles. The third-order valence-electron chi connectivity index (χ3n) is 4.50. The number of phenols is 2. The first kappa shape index (κ1) is 17.1. The summed E-state index contributed by atoms with van der Waals surface area (Å²) in [5, 5.41) is 22.1. The van der Waals surface area contributed by atoms with E-state index in [1.165, 1.54) is 16.7 Å². The van der Waals surface area contributed by atoms with Gasteiger partial charge in [-0.3, -0.25) is 19.2 Å². The van der Waals surface area contributed by atoms with E-state index in [2.05, 4.69) is 15.2 Å². The zero-order chi connectivity index (χ0) is 18.1. The van der Waals surface area contributed by atoms with Crippen molar-refractivity contribution in [1.29, 1.82) is 0 Å². The standard InChI is InChI=1S/C17H22N4O4/c1-10(2)20-8-12-15(18-9-20)21(17(25)19-16(12)24)6-5-11-3-4-13(22)14(23)7-11/h3-4,7,10,18,22-23H,5-6,8-9H2,1-2H3,(H,19,24,25). The first-order valence-corrected chi connectivity index (χ1v) is 8.21. The van der Waals surface area contributed by atoms with Crippen molar-refractivity contribution in [3.05, 3.63) is 50.2 Å². The molecule has 0 saturated carbocycles. The van der Waals surface area contributed by atoms with Crippen LogP contribution in [0.1, 0.15) is 25.0 Å². The number of nitrogens with zero attached hydrogens (tertiary/aromatic N) is 2. The van der Waals surface area contributed by atoms with Crippen LogP contribution in [-0.2, 0) is 19.5 Å². The molecule has 8 nitrogen and oxygen atoms in total. The highest BCUT2D eigenvalue weighted by Gasteiger charge is 2.23. The molecular weight excluding hydrogens is 324 g/mol. The monoisotopic (exact) mass is 346 g/mol. The molecule has 4 N–H and O–H groups in total. The Morgan fingerprint density at radius 2 is 1.96 bits per heavy atom. The molecule has 0 aliphatic carbocycles. The number of aromatic hydroxyl groups is 2. The molecule has 0 fully saturated rings. The van der Waals surface area contributed by atoms with Crippen LogP contribution in [0.2, 0.25) is 0 Å². The number of aromatic amines is 1. The molecule has 0 saturated heterocycles. The van der Waals surface area contributed by atoms with E-state index in [1.807, 2.05) is 13.8 Å². The fourth-order valence-electron chi connectivity index (χ4n) is 2.94. The van der Waals surface area contributed by atoms with E-state index in [4.69, 9.17) is 0 Å². The normalized spacial score (nSPS) is 14.4. The Morgan fingerprint density at radius 1 is 1.20 bits per heavy atom. The van der Waals surface area contributed by atoms with Crippen LogP contribution in [0.25, 0.3) is 0 Å². The summed E-state index contributed by atoms with van der Waals surface area (Å²) >= 11 is 0. The van der Waals surface area contributed by atoms with Gasteiger partial charge in [-0.15, -0.1) is 0 Å². The summed E-state index contributed by atoms with van der Waals surface area (Å²) in [6.45, 7) is 5.49. The molecule has 3 rings (SSSR count). The summed E-state index contributed by atoms with van der Waals surface area (Å²) in [6, 6.07) is 4.84. The van der Waals surface area contributed by atoms with Crippen molar-refractivity contribution >= 4 is 5.82 Å². The van der Waals surface area contributed by atoms with Crippen molar-refractivity contribution in [2.24, 2.45) is 0 Å². The average molecular weight is 346 g/mol. The summed E-state index contributed by atoms with van der Waals surface area (Å²) in [5.74, 6) is 0.172. The minimum absolute atomic E-state index is 0.183. The Hall–Kier alpha value is -2.74. The number of hydrogen-bond donors (Lipinski definition) is 4. The molecule has 0 bridgehead atoms. The van der Waals surface area contributed by atoms with Crippen LogP contribution in [0.4, 0.5) is 5.82 Å². The van der Waals surface area contributed by atoms with Crippen LogP contribution < -0.4 is 16.6 Å². The first-order valence-electron chi connectivity index (χ1n) is 8.21. The van der Waals surface area contributed by atoms with E-state index in [0.717, 1.165) is 5.56 Å². The van der Waals surface area contributed by atoms with Gasteiger partial charge in [0.1, 0.15) is 5.82 Å². The number of rotatable bonds is 4. The molecule has 134 valence electrons. The fourth-order valence-corrected chi connectivity index (χ4v) is 2.94. The molecule has 0 amide bonds. The Morgan fingerprint density at radius 3 is 2.64 bits per heavy atom. The second-order valence-corrected chi connectivity index (χ2v) is 6.49. The number of hydrogen-bond acceptors (Lipinski definition) is 6. The topological polar surface area (TPSA) is 111 Å². The maximum Gasteiger partial charge on any atom is 0.329 e. The lowest BCUT2D eigenvalue weighted by Gasteiger charge is -2.33. The van der Waals surface area contributed by atoms with Crippen molar-refractivity contribution < 1.29 is 10.2 Å². The van der Waals surface area contributed by atoms with Crippen LogP contribution in [0.5, 0.6) is 11.5 Å². The van der Waals surface area contributed by atoms with Gasteiger partial charge in [0, 0.05) is 19.1 Å². The third-order valence-corrected chi connectivity index (χ3v) is 4.50. The van der Waals surface area contributed by atoms with E-state index in [1.54, 1.807) is 6.07 Å². The summed E-state index contributed by atoms with van der Waals surface area (Å²) in [5.41, 5.74) is 0.503. The van der Waals surface area contributed by atoms with Crippen molar-refractivity contribution in [2.45, 2.75) is 39.4 Å². The van der Waals surface area contributed by atoms with Gasteiger partial charge in [0.25, 0.3) is 5.56 Å². The average Bonchev–Trinajstić information content (AvgIpc) is 2.57. The molecule has 8 heteroatoms. The fraction of sp³-hybridized carbons (Fsp3) is 0.412. The molecule has 0 unspecified atom stereocenters. The van der Waals surface area contributed by atoms with Gasteiger partial charge in [-0.1, -0.05) is 6.07 Å². The molecule has 0 atom stereocenters. The van der Waals surface area contributed by atoms with Crippen molar-refractivity contribution in [2.75, 3.05) is 12.0 Å². The molecule has 2 aromatic rings. The Balaban J connectivity index is 1.89. The number of aromatic nitrogens is 2. The highest BCUT2D eigenvalue weighted by molar-refractivity contribution is 5.46. The maximum atomic E-state index is 12.2. The Labute approximate surface area is 144 Å². The van der Waals surface area contributed by atoms with E-state index < -0.39 is 5.69 Å². The Bertz CT molecular complexity index is 900. The molecule has 0 radical (unpaired) electrons. The zero-order valence-electron chi connectivity index (χ0n) is 14.2. The van der Waals surface area contributed by atoms with Gasteiger partial charge in [-0.2, -0.15) is 0 Å². The van der Waals surface area contributed by atoms with Crippen LogP contribution >= 0.6 is 0 Å². The summed E-state index contributed by atoms with van der Waals surface area (Å²) < 4.78 is 1.51. The molecule has 1 aliphatic rings. The van der Waals surface area contributed by atoms with Crippen LogP contribution in [0, 0.1) is 0 Å². The van der Waals surface area contributed by atoms with Gasteiger partial charge >= 0.3 is 5.69 Å². The summed E-state index contributed by atoms with van der Waals surface area (Å²) in [7, 11) is 0. The minimum Gasteiger partial charge on any atom is -0.504 e. The molecule has 1 aromatic carbocycles. The van der Waals surface area contributed by atoms with Gasteiger partial charge in [0.05, 0.1) is 12.2 Å². The van der Waals surface area contributed by atoms with Crippen molar-refractivity contribution in [3.8, 4) is 11.5 Å². The smallest absolute Gasteiger partial charge is 0.329 e. The van der Waals surface area contributed by atoms with Gasteiger partial charge in [-0.05, 0) is 38.0 Å². The minimum atomic E-state index is -0.461. The second kappa shape index (κ2) is 6.64. The number of aryl methyl sites for hydroxylation is 1. The predicted molar refractivity (Wildman–Crippen MR) is 94.0 cm³/mol. The van der Waals surface area contributed by atoms with Gasteiger partial charge in [-0.25, -0.2) is 4.79 Å². The van der Waals surface area contributed by atoms with Crippen LogP contribution in [0.3, 0.4) is 0 Å². The van der Waals surface area contributed by atoms with Gasteiger partial charge < -0.3 is 15.5 Å². The molecule has 2 heterocycles. The van der Waals surface area contributed by atoms with Gasteiger partial charge in [0.15, 0.2) is 11.5 Å². The first-order chi connectivity index (χ1) is 11.9. The van der Waals surface area contributed by atoms with Crippen molar-refractivity contribution in [3.63, 3.8) is 0 Å². The lowest BCUT2D eigenvalue weighted by Crippen LogP contribution is -2.45. The zero-order valence-corrected chi connectivity index (χ0v) is 14.2. The summed E-state index contributed by atoms with van der Waals surface area (Å²) in [6.07, 6.45) is 0.474. The van der Waals surface area contributed by atoms with E-state index in [0.29, 0.717) is 37.6 Å². The second-order valence-electron chi connectivity index (χ2n) is 6.49. The maximum absolute atomic E-state index is 12.2.